The molecule has 4 rings (SSSR count). The lowest BCUT2D eigenvalue weighted by molar-refractivity contribution is -0.126. The van der Waals surface area contributed by atoms with Crippen LogP contribution >= 0.6 is 0 Å². The van der Waals surface area contributed by atoms with Crippen LogP contribution in [0.25, 0.3) is 17.2 Å². The molecule has 1 aliphatic heterocycles. The van der Waals surface area contributed by atoms with E-state index >= 15 is 0 Å². The van der Waals surface area contributed by atoms with Crippen LogP contribution in [0.4, 0.5) is 5.82 Å². The molecule has 3 heterocycles. The Labute approximate surface area is 162 Å². The smallest absolute Gasteiger partial charge is 0.246 e. The van der Waals surface area contributed by atoms with E-state index in [0.717, 1.165) is 17.1 Å². The molecule has 0 unspecified atom stereocenters. The molecular weight excluding hydrogens is 358 g/mol. The summed E-state index contributed by atoms with van der Waals surface area (Å²) in [5, 5.41) is 8.18. The third-order valence-electron chi connectivity index (χ3n) is 4.79. The number of aryl methyl sites for hydroxylation is 1. The summed E-state index contributed by atoms with van der Waals surface area (Å²) in [6, 6.07) is 7.58. The van der Waals surface area contributed by atoms with Crippen molar-refractivity contribution in [2.75, 3.05) is 38.2 Å². The van der Waals surface area contributed by atoms with E-state index in [0.29, 0.717) is 37.3 Å². The zero-order valence-electron chi connectivity index (χ0n) is 15.8. The first kappa shape index (κ1) is 17.9. The Kier molecular flexibility index (Phi) is 4.88. The summed E-state index contributed by atoms with van der Waals surface area (Å²) < 4.78 is 6.77. The van der Waals surface area contributed by atoms with Crippen LogP contribution in [0.1, 0.15) is 5.56 Å². The van der Waals surface area contributed by atoms with E-state index in [9.17, 15) is 4.79 Å². The van der Waals surface area contributed by atoms with Crippen LogP contribution in [0.2, 0.25) is 0 Å². The van der Waals surface area contributed by atoms with E-state index in [1.54, 1.807) is 24.9 Å². The highest BCUT2D eigenvalue weighted by Crippen LogP contribution is 2.21. The van der Waals surface area contributed by atoms with Gasteiger partial charge in [0.2, 0.25) is 5.91 Å². The predicted octanol–water partition coefficient (Wildman–Crippen LogP) is 1.13. The van der Waals surface area contributed by atoms with E-state index in [1.165, 1.54) is 6.33 Å². The fraction of sp³-hybridized carbons (Fsp3) is 0.316. The molecule has 0 aliphatic carbocycles. The summed E-state index contributed by atoms with van der Waals surface area (Å²) in [5.74, 6) is 1.56. The van der Waals surface area contributed by atoms with Crippen LogP contribution in [-0.2, 0) is 11.8 Å². The average molecular weight is 379 g/mol. The second-order valence-corrected chi connectivity index (χ2v) is 6.50. The standard InChI is InChI=1S/C19H21N7O2/c1-24-18-17(22-23-24)19(21-13-20-18)26-11-9-25(10-12-26)16(27)8-5-14-3-6-15(28-2)7-4-14/h3-8,13H,9-12H2,1-2H3/b8-5-. The van der Waals surface area contributed by atoms with Gasteiger partial charge in [-0.05, 0) is 23.8 Å². The van der Waals surface area contributed by atoms with E-state index in [4.69, 9.17) is 4.74 Å². The van der Waals surface area contributed by atoms with Crippen LogP contribution < -0.4 is 9.64 Å². The van der Waals surface area contributed by atoms with Gasteiger partial charge < -0.3 is 14.5 Å². The number of hydrogen-bond donors (Lipinski definition) is 0. The number of anilines is 1. The van der Waals surface area contributed by atoms with Crippen molar-refractivity contribution in [3.63, 3.8) is 0 Å². The van der Waals surface area contributed by atoms with Gasteiger partial charge in [0.25, 0.3) is 0 Å². The molecule has 144 valence electrons. The topological polar surface area (TPSA) is 89.3 Å². The quantitative estimate of drug-likeness (QED) is 0.628. The fourth-order valence-electron chi connectivity index (χ4n) is 3.20. The maximum Gasteiger partial charge on any atom is 0.246 e. The molecule has 2 aromatic heterocycles. The van der Waals surface area contributed by atoms with Crippen molar-refractivity contribution in [2.24, 2.45) is 7.05 Å². The molecule has 1 amide bonds. The van der Waals surface area contributed by atoms with Crippen molar-refractivity contribution in [1.29, 1.82) is 0 Å². The maximum atomic E-state index is 12.5. The highest BCUT2D eigenvalue weighted by Gasteiger charge is 2.23. The monoisotopic (exact) mass is 379 g/mol. The Morgan fingerprint density at radius 3 is 2.57 bits per heavy atom. The van der Waals surface area contributed by atoms with Crippen molar-refractivity contribution >= 4 is 29.0 Å². The number of nitrogens with zero attached hydrogens (tertiary/aromatic N) is 7. The van der Waals surface area contributed by atoms with Gasteiger partial charge in [0, 0.05) is 39.3 Å². The highest BCUT2D eigenvalue weighted by molar-refractivity contribution is 5.92. The molecular formula is C19H21N7O2. The Morgan fingerprint density at radius 2 is 1.86 bits per heavy atom. The van der Waals surface area contributed by atoms with Gasteiger partial charge in [0.1, 0.15) is 12.1 Å². The van der Waals surface area contributed by atoms with E-state index in [-0.39, 0.29) is 5.91 Å². The van der Waals surface area contributed by atoms with Crippen molar-refractivity contribution in [3.8, 4) is 5.75 Å². The Hall–Kier alpha value is -3.49. The van der Waals surface area contributed by atoms with Gasteiger partial charge in [-0.25, -0.2) is 14.6 Å². The first-order valence-electron chi connectivity index (χ1n) is 9.02. The van der Waals surface area contributed by atoms with Gasteiger partial charge in [-0.15, -0.1) is 5.10 Å². The molecule has 1 aromatic carbocycles. The van der Waals surface area contributed by atoms with Gasteiger partial charge in [0.05, 0.1) is 7.11 Å². The van der Waals surface area contributed by atoms with Crippen molar-refractivity contribution in [3.05, 3.63) is 42.2 Å². The second kappa shape index (κ2) is 7.63. The molecule has 0 radical (unpaired) electrons. The van der Waals surface area contributed by atoms with Crippen molar-refractivity contribution in [2.45, 2.75) is 0 Å². The lowest BCUT2D eigenvalue weighted by Crippen LogP contribution is -2.48. The van der Waals surface area contributed by atoms with Crippen LogP contribution in [0.3, 0.4) is 0 Å². The van der Waals surface area contributed by atoms with Crippen LogP contribution in [0, 0.1) is 0 Å². The van der Waals surface area contributed by atoms with Crippen LogP contribution in [0.15, 0.2) is 36.7 Å². The Bertz CT molecular complexity index is 1000. The van der Waals surface area contributed by atoms with Gasteiger partial charge in [0.15, 0.2) is 17.0 Å². The van der Waals surface area contributed by atoms with Gasteiger partial charge in [-0.1, -0.05) is 17.3 Å². The largest absolute Gasteiger partial charge is 0.497 e. The molecule has 9 nitrogen and oxygen atoms in total. The summed E-state index contributed by atoms with van der Waals surface area (Å²) >= 11 is 0. The third-order valence-corrected chi connectivity index (χ3v) is 4.79. The number of methoxy groups -OCH3 is 1. The minimum Gasteiger partial charge on any atom is -0.497 e. The number of carbonyl (C=O) groups excluding carboxylic acids is 1. The zero-order valence-corrected chi connectivity index (χ0v) is 15.8. The number of aromatic nitrogens is 5. The molecule has 1 fully saturated rings. The predicted molar refractivity (Wildman–Crippen MR) is 105 cm³/mol. The molecule has 1 aliphatic rings. The number of carbonyl (C=O) groups is 1. The molecule has 28 heavy (non-hydrogen) atoms. The average Bonchev–Trinajstić information content (AvgIpc) is 3.13. The molecule has 1 saturated heterocycles. The number of rotatable bonds is 4. The van der Waals surface area contributed by atoms with Crippen molar-refractivity contribution in [1.82, 2.24) is 29.9 Å². The summed E-state index contributed by atoms with van der Waals surface area (Å²) in [6.07, 6.45) is 4.96. The lowest BCUT2D eigenvalue weighted by atomic mass is 10.2. The number of amides is 1. The molecule has 9 heteroatoms. The van der Waals surface area contributed by atoms with E-state index in [1.807, 2.05) is 35.2 Å². The Morgan fingerprint density at radius 1 is 1.11 bits per heavy atom. The van der Waals surface area contributed by atoms with E-state index in [2.05, 4.69) is 25.2 Å². The molecule has 0 bridgehead atoms. The van der Waals surface area contributed by atoms with Gasteiger partial charge in [-0.2, -0.15) is 0 Å². The van der Waals surface area contributed by atoms with E-state index < -0.39 is 0 Å². The summed E-state index contributed by atoms with van der Waals surface area (Å²) in [7, 11) is 3.43. The maximum absolute atomic E-state index is 12.5. The first-order valence-corrected chi connectivity index (χ1v) is 9.02. The number of fused-ring (bicyclic) bond motifs is 1. The number of benzene rings is 1. The summed E-state index contributed by atoms with van der Waals surface area (Å²) in [4.78, 5) is 25.1. The zero-order chi connectivity index (χ0) is 19.5. The molecule has 0 saturated carbocycles. The highest BCUT2D eigenvalue weighted by atomic mass is 16.5. The van der Waals surface area contributed by atoms with Crippen molar-refractivity contribution < 1.29 is 9.53 Å². The van der Waals surface area contributed by atoms with Gasteiger partial charge in [-0.3, -0.25) is 4.79 Å². The molecule has 3 aromatic rings. The minimum atomic E-state index is 0.00260. The Balaban J connectivity index is 1.39. The number of piperazine rings is 1. The normalized spacial score (nSPS) is 14.8. The minimum absolute atomic E-state index is 0.00260. The summed E-state index contributed by atoms with van der Waals surface area (Å²) in [5.41, 5.74) is 2.34. The molecule has 0 spiro atoms. The molecule has 0 atom stereocenters. The molecule has 0 N–H and O–H groups in total. The van der Waals surface area contributed by atoms with Crippen LogP contribution in [0.5, 0.6) is 5.75 Å². The number of hydrogen-bond acceptors (Lipinski definition) is 7. The fourth-order valence-corrected chi connectivity index (χ4v) is 3.20. The van der Waals surface area contributed by atoms with Gasteiger partial charge >= 0.3 is 0 Å². The SMILES string of the molecule is COc1ccc(/C=C\C(=O)N2CCN(c3ncnc4c3nnn4C)CC2)cc1. The number of ether oxygens (including phenoxy) is 1. The second-order valence-electron chi connectivity index (χ2n) is 6.50. The summed E-state index contributed by atoms with van der Waals surface area (Å²) in [6.45, 7) is 2.62. The van der Waals surface area contributed by atoms with Crippen LogP contribution in [-0.4, -0.2) is 69.1 Å². The lowest BCUT2D eigenvalue weighted by Gasteiger charge is -2.34. The first-order chi connectivity index (χ1) is 13.7. The third kappa shape index (κ3) is 3.51.